The Morgan fingerprint density at radius 3 is 2.78 bits per heavy atom. The van der Waals surface area contributed by atoms with E-state index >= 15 is 0 Å². The van der Waals surface area contributed by atoms with Gasteiger partial charge in [0.05, 0.1) is 29.7 Å². The summed E-state index contributed by atoms with van der Waals surface area (Å²) in [5.74, 6) is -0.542. The van der Waals surface area contributed by atoms with Crippen molar-refractivity contribution in [3.63, 3.8) is 0 Å². The first-order valence-electron chi connectivity index (χ1n) is 5.33. The number of nitrogens with zero attached hydrogens (tertiary/aromatic N) is 2. The van der Waals surface area contributed by atoms with Crippen molar-refractivity contribution in [3.8, 4) is 0 Å². The summed E-state index contributed by atoms with van der Waals surface area (Å²) >= 11 is 0. The molecular weight excluding hydrogens is 256 g/mol. The number of nitrogens with one attached hydrogen (secondary N) is 1. The summed E-state index contributed by atoms with van der Waals surface area (Å²) < 4.78 is 23.7. The van der Waals surface area contributed by atoms with Gasteiger partial charge < -0.3 is 11.1 Å². The summed E-state index contributed by atoms with van der Waals surface area (Å²) in [6.45, 7) is 0.762. The summed E-state index contributed by atoms with van der Waals surface area (Å²) in [4.78, 5) is 15.1. The predicted molar refractivity (Wildman–Crippen MR) is 66.6 cm³/mol. The third kappa shape index (κ3) is 2.59. The van der Waals surface area contributed by atoms with Crippen molar-refractivity contribution in [2.24, 2.45) is 5.73 Å². The molecule has 3 N–H and O–H groups in total. The molecule has 1 aromatic rings. The number of hydrogen-bond acceptors (Lipinski definition) is 5. The fourth-order valence-electron chi connectivity index (χ4n) is 1.74. The minimum absolute atomic E-state index is 0.0259. The molecule has 18 heavy (non-hydrogen) atoms. The molecule has 8 heteroatoms. The third-order valence-corrected chi connectivity index (χ3v) is 4.00. The Labute approximate surface area is 105 Å². The van der Waals surface area contributed by atoms with Gasteiger partial charge in [-0.15, -0.1) is 0 Å². The second-order valence-corrected chi connectivity index (χ2v) is 6.19. The number of anilines is 1. The van der Waals surface area contributed by atoms with Crippen molar-refractivity contribution in [1.82, 2.24) is 9.29 Å². The monoisotopic (exact) mass is 270 g/mol. The van der Waals surface area contributed by atoms with E-state index in [1.54, 1.807) is 0 Å². The zero-order valence-electron chi connectivity index (χ0n) is 9.83. The van der Waals surface area contributed by atoms with Gasteiger partial charge in [0.15, 0.2) is 0 Å². The number of hydrogen-bond donors (Lipinski definition) is 2. The van der Waals surface area contributed by atoms with E-state index in [1.807, 2.05) is 0 Å². The number of primary amides is 1. The van der Waals surface area contributed by atoms with E-state index in [9.17, 15) is 13.2 Å². The first-order valence-corrected chi connectivity index (χ1v) is 7.18. The van der Waals surface area contributed by atoms with Gasteiger partial charge >= 0.3 is 0 Å². The van der Waals surface area contributed by atoms with E-state index in [1.165, 1.54) is 29.0 Å². The molecule has 0 aromatic carbocycles. The first-order chi connectivity index (χ1) is 8.38. The number of amides is 1. The van der Waals surface area contributed by atoms with Crippen molar-refractivity contribution in [3.05, 3.63) is 24.0 Å². The van der Waals surface area contributed by atoms with E-state index < -0.39 is 15.9 Å². The molecule has 1 saturated heterocycles. The van der Waals surface area contributed by atoms with Gasteiger partial charge in [-0.2, -0.15) is 4.31 Å². The quantitative estimate of drug-likeness (QED) is 0.748. The molecule has 0 atom stereocenters. The van der Waals surface area contributed by atoms with E-state index in [2.05, 4.69) is 10.3 Å². The number of pyridine rings is 1. The highest BCUT2D eigenvalue weighted by molar-refractivity contribution is 7.88. The highest BCUT2D eigenvalue weighted by Crippen LogP contribution is 2.19. The van der Waals surface area contributed by atoms with Crippen LogP contribution in [0.2, 0.25) is 0 Å². The fraction of sp³-hybridized carbons (Fsp3) is 0.400. The summed E-state index contributed by atoms with van der Waals surface area (Å²) in [6.07, 6.45) is 4.15. The van der Waals surface area contributed by atoms with Crippen LogP contribution in [-0.2, 0) is 10.0 Å². The molecule has 1 aliphatic rings. The molecule has 1 aliphatic heterocycles. The van der Waals surface area contributed by atoms with E-state index in [-0.39, 0.29) is 6.04 Å². The summed E-state index contributed by atoms with van der Waals surface area (Å²) in [5.41, 5.74) is 6.11. The van der Waals surface area contributed by atoms with Crippen LogP contribution >= 0.6 is 0 Å². The minimum atomic E-state index is -3.13. The lowest BCUT2D eigenvalue weighted by molar-refractivity contribution is 0.100. The van der Waals surface area contributed by atoms with Crippen LogP contribution in [0.1, 0.15) is 10.4 Å². The maximum absolute atomic E-state index is 11.2. The summed E-state index contributed by atoms with van der Waals surface area (Å²) in [5, 5.41) is 3.06. The predicted octanol–water partition coefficient (Wildman–Crippen LogP) is -0.764. The van der Waals surface area contributed by atoms with Crippen molar-refractivity contribution in [1.29, 1.82) is 0 Å². The second kappa shape index (κ2) is 4.54. The molecule has 2 heterocycles. The molecule has 0 aliphatic carbocycles. The average Bonchev–Trinajstić information content (AvgIpc) is 2.21. The molecule has 0 radical (unpaired) electrons. The highest BCUT2D eigenvalue weighted by Gasteiger charge is 2.33. The maximum atomic E-state index is 11.2. The highest BCUT2D eigenvalue weighted by atomic mass is 32.2. The van der Waals surface area contributed by atoms with Crippen LogP contribution in [0.4, 0.5) is 5.69 Å². The Bertz CT molecular complexity index is 566. The molecule has 1 fully saturated rings. The number of nitrogens with two attached hydrogens (primary N) is 1. The molecule has 1 aromatic heterocycles. The van der Waals surface area contributed by atoms with E-state index in [0.29, 0.717) is 24.3 Å². The third-order valence-electron chi connectivity index (χ3n) is 2.76. The number of rotatable bonds is 4. The van der Waals surface area contributed by atoms with Gasteiger partial charge in [0.25, 0.3) is 5.91 Å². The van der Waals surface area contributed by atoms with Crippen molar-refractivity contribution in [2.75, 3.05) is 24.7 Å². The molecule has 98 valence electrons. The van der Waals surface area contributed by atoms with Gasteiger partial charge in [0.1, 0.15) is 0 Å². The summed E-state index contributed by atoms with van der Waals surface area (Å²) in [6, 6.07) is 1.50. The van der Waals surface area contributed by atoms with E-state index in [0.717, 1.165) is 0 Å². The molecular formula is C10H14N4O3S. The molecule has 0 unspecified atom stereocenters. The van der Waals surface area contributed by atoms with E-state index in [4.69, 9.17) is 5.73 Å². The number of sulfonamides is 1. The normalized spacial score (nSPS) is 17.2. The van der Waals surface area contributed by atoms with Crippen LogP contribution in [-0.4, -0.2) is 49.0 Å². The van der Waals surface area contributed by atoms with Crippen LogP contribution in [0, 0.1) is 0 Å². The average molecular weight is 270 g/mol. The smallest absolute Gasteiger partial charge is 0.250 e. The zero-order chi connectivity index (χ0) is 13.3. The van der Waals surface area contributed by atoms with Crippen molar-refractivity contribution in [2.45, 2.75) is 6.04 Å². The Kier molecular flexibility index (Phi) is 3.22. The van der Waals surface area contributed by atoms with Crippen molar-refractivity contribution < 1.29 is 13.2 Å². The van der Waals surface area contributed by atoms with Gasteiger partial charge in [-0.25, -0.2) is 8.42 Å². The SMILES string of the molecule is CS(=O)(=O)N1CC(Nc2cnccc2C(N)=O)C1. The maximum Gasteiger partial charge on any atom is 0.250 e. The van der Waals surface area contributed by atoms with Gasteiger partial charge in [-0.3, -0.25) is 9.78 Å². The van der Waals surface area contributed by atoms with Gasteiger partial charge in [0.2, 0.25) is 10.0 Å². The number of aromatic nitrogens is 1. The van der Waals surface area contributed by atoms with Crippen LogP contribution in [0.5, 0.6) is 0 Å². The number of carbonyl (C=O) groups excluding carboxylic acids is 1. The molecule has 0 saturated carbocycles. The van der Waals surface area contributed by atoms with Crippen LogP contribution in [0.25, 0.3) is 0 Å². The fourth-order valence-corrected chi connectivity index (χ4v) is 2.65. The zero-order valence-corrected chi connectivity index (χ0v) is 10.6. The first kappa shape index (κ1) is 12.8. The largest absolute Gasteiger partial charge is 0.378 e. The van der Waals surface area contributed by atoms with Crippen LogP contribution in [0.3, 0.4) is 0 Å². The van der Waals surface area contributed by atoms with Crippen LogP contribution < -0.4 is 11.1 Å². The summed E-state index contributed by atoms with van der Waals surface area (Å²) in [7, 11) is -3.13. The van der Waals surface area contributed by atoms with Gasteiger partial charge in [0, 0.05) is 19.3 Å². The Morgan fingerprint density at radius 2 is 2.22 bits per heavy atom. The lowest BCUT2D eigenvalue weighted by Gasteiger charge is -2.38. The molecule has 7 nitrogen and oxygen atoms in total. The Hall–Kier alpha value is -1.67. The van der Waals surface area contributed by atoms with Gasteiger partial charge in [-0.05, 0) is 6.07 Å². The topological polar surface area (TPSA) is 105 Å². The molecule has 0 bridgehead atoms. The molecule has 0 spiro atoms. The van der Waals surface area contributed by atoms with Crippen molar-refractivity contribution >= 4 is 21.6 Å². The second-order valence-electron chi connectivity index (χ2n) is 4.21. The Morgan fingerprint density at radius 1 is 1.56 bits per heavy atom. The standard InChI is InChI=1S/C10H14N4O3S/c1-18(16,17)14-5-7(6-14)13-9-4-12-3-2-8(9)10(11)15/h2-4,7,13H,5-6H2,1H3,(H2,11,15). The molecule has 1 amide bonds. The minimum Gasteiger partial charge on any atom is -0.378 e. The van der Waals surface area contributed by atoms with Crippen LogP contribution in [0.15, 0.2) is 18.5 Å². The Balaban J connectivity index is 2.03. The molecule has 2 rings (SSSR count). The lowest BCUT2D eigenvalue weighted by atomic mass is 10.1. The lowest BCUT2D eigenvalue weighted by Crippen LogP contribution is -2.56. The number of carbonyl (C=O) groups is 1. The van der Waals surface area contributed by atoms with Gasteiger partial charge in [-0.1, -0.05) is 0 Å².